The Bertz CT molecular complexity index is 660. The molecule has 0 radical (unpaired) electrons. The first-order valence-corrected chi connectivity index (χ1v) is 8.94. The summed E-state index contributed by atoms with van der Waals surface area (Å²) in [6, 6.07) is 12.0. The van der Waals surface area contributed by atoms with E-state index >= 15 is 0 Å². The number of nitrogens with zero attached hydrogens (tertiary/aromatic N) is 1. The van der Waals surface area contributed by atoms with Crippen molar-refractivity contribution in [3.05, 3.63) is 41.8 Å². The predicted molar refractivity (Wildman–Crippen MR) is 96.6 cm³/mol. The third kappa shape index (κ3) is 4.35. The SMILES string of the molecule is COCCO[C@@H]1CCN(C(=O)Nc2cccc(-c3cccs3)c2)C1. The van der Waals surface area contributed by atoms with E-state index in [0.717, 1.165) is 17.7 Å². The van der Waals surface area contributed by atoms with Gasteiger partial charge in [0, 0.05) is 30.8 Å². The van der Waals surface area contributed by atoms with Crippen molar-refractivity contribution in [2.75, 3.05) is 38.7 Å². The van der Waals surface area contributed by atoms with Gasteiger partial charge in [-0.2, -0.15) is 0 Å². The number of methoxy groups -OCH3 is 1. The van der Waals surface area contributed by atoms with Crippen LogP contribution >= 0.6 is 11.3 Å². The highest BCUT2D eigenvalue weighted by atomic mass is 32.1. The Morgan fingerprint density at radius 2 is 2.25 bits per heavy atom. The molecule has 1 aliphatic heterocycles. The lowest BCUT2D eigenvalue weighted by Gasteiger charge is -2.18. The van der Waals surface area contributed by atoms with Crippen LogP contribution in [0.15, 0.2) is 41.8 Å². The second-order valence-electron chi connectivity index (χ2n) is 5.71. The number of rotatable bonds is 6. The van der Waals surface area contributed by atoms with Crippen LogP contribution in [0.25, 0.3) is 10.4 Å². The highest BCUT2D eigenvalue weighted by Gasteiger charge is 2.26. The summed E-state index contributed by atoms with van der Waals surface area (Å²) in [6.07, 6.45) is 0.968. The van der Waals surface area contributed by atoms with Gasteiger partial charge in [-0.15, -0.1) is 11.3 Å². The van der Waals surface area contributed by atoms with E-state index in [0.29, 0.717) is 26.3 Å². The van der Waals surface area contributed by atoms with Crippen LogP contribution in [0, 0.1) is 0 Å². The van der Waals surface area contributed by atoms with Gasteiger partial charge >= 0.3 is 6.03 Å². The van der Waals surface area contributed by atoms with E-state index in [9.17, 15) is 4.79 Å². The molecule has 0 aliphatic carbocycles. The minimum atomic E-state index is -0.0730. The van der Waals surface area contributed by atoms with Crippen molar-refractivity contribution in [2.45, 2.75) is 12.5 Å². The standard InChI is InChI=1S/C18H22N2O3S/c1-22-9-10-23-16-7-8-20(13-16)18(21)19-15-5-2-4-14(12-15)17-6-3-11-24-17/h2-6,11-12,16H,7-10,13H2,1H3,(H,19,21)/t16-/m1/s1. The van der Waals surface area contributed by atoms with Crippen molar-refractivity contribution in [3.63, 3.8) is 0 Å². The van der Waals surface area contributed by atoms with Crippen LogP contribution in [0.3, 0.4) is 0 Å². The number of likely N-dealkylation sites (tertiary alicyclic amines) is 1. The molecule has 2 amide bonds. The third-order valence-corrected chi connectivity index (χ3v) is 4.91. The summed E-state index contributed by atoms with van der Waals surface area (Å²) in [5.74, 6) is 0. The minimum Gasteiger partial charge on any atom is -0.382 e. The lowest BCUT2D eigenvalue weighted by atomic mass is 10.1. The Balaban J connectivity index is 1.55. The summed E-state index contributed by atoms with van der Waals surface area (Å²) in [5, 5.41) is 5.04. The largest absolute Gasteiger partial charge is 0.382 e. The van der Waals surface area contributed by atoms with Crippen LogP contribution < -0.4 is 5.32 Å². The number of carbonyl (C=O) groups is 1. The third-order valence-electron chi connectivity index (χ3n) is 3.99. The van der Waals surface area contributed by atoms with Gasteiger partial charge in [0.1, 0.15) is 0 Å². The van der Waals surface area contributed by atoms with E-state index in [1.54, 1.807) is 23.3 Å². The molecule has 1 N–H and O–H groups in total. The van der Waals surface area contributed by atoms with Crippen LogP contribution in [0.2, 0.25) is 0 Å². The molecule has 2 heterocycles. The quantitative estimate of drug-likeness (QED) is 0.812. The normalized spacial score (nSPS) is 17.2. The minimum absolute atomic E-state index is 0.0730. The molecule has 0 bridgehead atoms. The molecule has 5 nitrogen and oxygen atoms in total. The van der Waals surface area contributed by atoms with Gasteiger partial charge in [-0.3, -0.25) is 0 Å². The summed E-state index contributed by atoms with van der Waals surface area (Å²) in [4.78, 5) is 15.4. The summed E-state index contributed by atoms with van der Waals surface area (Å²) in [7, 11) is 1.65. The first kappa shape index (κ1) is 17.0. The maximum Gasteiger partial charge on any atom is 0.321 e. The first-order valence-electron chi connectivity index (χ1n) is 8.06. The fourth-order valence-electron chi connectivity index (χ4n) is 2.74. The van der Waals surface area contributed by atoms with Crippen LogP contribution in [0.4, 0.5) is 10.5 Å². The predicted octanol–water partition coefficient (Wildman–Crippen LogP) is 3.68. The van der Waals surface area contributed by atoms with Gasteiger partial charge in [0.2, 0.25) is 0 Å². The summed E-state index contributed by atoms with van der Waals surface area (Å²) in [6.45, 7) is 2.49. The first-order chi connectivity index (χ1) is 11.8. The van der Waals surface area contributed by atoms with Crippen molar-refractivity contribution in [1.82, 2.24) is 4.90 Å². The summed E-state index contributed by atoms with van der Waals surface area (Å²) >= 11 is 1.69. The van der Waals surface area contributed by atoms with E-state index in [1.807, 2.05) is 24.3 Å². The van der Waals surface area contributed by atoms with Gasteiger partial charge in [0.25, 0.3) is 0 Å². The lowest BCUT2D eigenvalue weighted by Crippen LogP contribution is -2.34. The Morgan fingerprint density at radius 1 is 1.33 bits per heavy atom. The molecule has 1 aromatic heterocycles. The molecule has 0 spiro atoms. The van der Waals surface area contributed by atoms with E-state index in [-0.39, 0.29) is 12.1 Å². The molecule has 0 saturated carbocycles. The number of amides is 2. The number of benzene rings is 1. The number of nitrogens with one attached hydrogen (secondary N) is 1. The zero-order valence-electron chi connectivity index (χ0n) is 13.7. The highest BCUT2D eigenvalue weighted by Crippen LogP contribution is 2.27. The van der Waals surface area contributed by atoms with Gasteiger partial charge < -0.3 is 19.7 Å². The number of anilines is 1. The highest BCUT2D eigenvalue weighted by molar-refractivity contribution is 7.13. The lowest BCUT2D eigenvalue weighted by molar-refractivity contribution is 0.0239. The maximum absolute atomic E-state index is 12.4. The molecular formula is C18H22N2O3S. The smallest absolute Gasteiger partial charge is 0.321 e. The Labute approximate surface area is 146 Å². The Morgan fingerprint density at radius 3 is 3.04 bits per heavy atom. The number of hydrogen-bond donors (Lipinski definition) is 1. The van der Waals surface area contributed by atoms with Crippen LogP contribution in [0.5, 0.6) is 0 Å². The number of hydrogen-bond acceptors (Lipinski definition) is 4. The Kier molecular flexibility index (Phi) is 5.85. The topological polar surface area (TPSA) is 50.8 Å². The van der Waals surface area contributed by atoms with E-state index in [4.69, 9.17) is 9.47 Å². The molecule has 6 heteroatoms. The zero-order chi connectivity index (χ0) is 16.8. The van der Waals surface area contributed by atoms with Gasteiger partial charge in [0.15, 0.2) is 0 Å². The number of thiophene rings is 1. The fourth-order valence-corrected chi connectivity index (χ4v) is 3.47. The zero-order valence-corrected chi connectivity index (χ0v) is 14.6. The van der Waals surface area contributed by atoms with Crippen molar-refractivity contribution < 1.29 is 14.3 Å². The van der Waals surface area contributed by atoms with E-state index in [1.165, 1.54) is 4.88 Å². The number of urea groups is 1. The molecule has 128 valence electrons. The summed E-state index contributed by atoms with van der Waals surface area (Å²) < 4.78 is 10.7. The molecule has 2 aromatic rings. The van der Waals surface area contributed by atoms with Crippen LogP contribution in [-0.4, -0.2) is 50.4 Å². The fraction of sp³-hybridized carbons (Fsp3) is 0.389. The molecule has 0 unspecified atom stereocenters. The molecule has 1 atom stereocenters. The second-order valence-corrected chi connectivity index (χ2v) is 6.66. The van der Waals surface area contributed by atoms with Crippen LogP contribution in [-0.2, 0) is 9.47 Å². The van der Waals surface area contributed by atoms with Crippen molar-refractivity contribution in [3.8, 4) is 10.4 Å². The average Bonchev–Trinajstić information content (AvgIpc) is 3.27. The molecule has 1 fully saturated rings. The van der Waals surface area contributed by atoms with Crippen LogP contribution in [0.1, 0.15) is 6.42 Å². The molecular weight excluding hydrogens is 324 g/mol. The van der Waals surface area contributed by atoms with Crippen molar-refractivity contribution in [1.29, 1.82) is 0 Å². The number of ether oxygens (including phenoxy) is 2. The molecule has 3 rings (SSSR count). The molecule has 1 aromatic carbocycles. The Hall–Kier alpha value is -1.89. The monoisotopic (exact) mass is 346 g/mol. The van der Waals surface area contributed by atoms with Gasteiger partial charge in [-0.05, 0) is 35.6 Å². The second kappa shape index (κ2) is 8.28. The molecule has 24 heavy (non-hydrogen) atoms. The van der Waals surface area contributed by atoms with E-state index in [2.05, 4.69) is 22.8 Å². The van der Waals surface area contributed by atoms with Crippen molar-refractivity contribution >= 4 is 23.1 Å². The van der Waals surface area contributed by atoms with Crippen molar-refractivity contribution in [2.24, 2.45) is 0 Å². The molecule has 1 aliphatic rings. The van der Waals surface area contributed by atoms with Gasteiger partial charge in [-0.1, -0.05) is 18.2 Å². The van der Waals surface area contributed by atoms with Gasteiger partial charge in [-0.25, -0.2) is 4.79 Å². The average molecular weight is 346 g/mol. The van der Waals surface area contributed by atoms with E-state index < -0.39 is 0 Å². The van der Waals surface area contributed by atoms with Gasteiger partial charge in [0.05, 0.1) is 19.3 Å². The summed E-state index contributed by atoms with van der Waals surface area (Å²) in [5.41, 5.74) is 1.93. The molecule has 1 saturated heterocycles. The number of carbonyl (C=O) groups excluding carboxylic acids is 1. The maximum atomic E-state index is 12.4.